The quantitative estimate of drug-likeness (QED) is 0.788. The van der Waals surface area contributed by atoms with Gasteiger partial charge in [-0.1, -0.05) is 13.3 Å². The predicted molar refractivity (Wildman–Crippen MR) is 53.8 cm³/mol. The van der Waals surface area contributed by atoms with Crippen LogP contribution in [0.1, 0.15) is 35.3 Å². The molecule has 0 amide bonds. The lowest BCUT2D eigenvalue weighted by Gasteiger charge is -2.18. The summed E-state index contributed by atoms with van der Waals surface area (Å²) in [7, 11) is 0. The lowest BCUT2D eigenvalue weighted by molar-refractivity contribution is 0.281. The van der Waals surface area contributed by atoms with Crippen molar-refractivity contribution in [3.8, 4) is 0 Å². The molecule has 1 aromatic heterocycles. The molecule has 13 heavy (non-hydrogen) atoms. The summed E-state index contributed by atoms with van der Waals surface area (Å²) in [4.78, 5) is 5.83. The van der Waals surface area contributed by atoms with Crippen LogP contribution in [0, 0.1) is 5.92 Å². The van der Waals surface area contributed by atoms with E-state index in [9.17, 15) is 0 Å². The second-order valence-electron chi connectivity index (χ2n) is 3.65. The summed E-state index contributed by atoms with van der Waals surface area (Å²) in [6, 6.07) is 0. The van der Waals surface area contributed by atoms with Gasteiger partial charge in [0, 0.05) is 4.88 Å². The van der Waals surface area contributed by atoms with Gasteiger partial charge in [-0.2, -0.15) is 0 Å². The van der Waals surface area contributed by atoms with Crippen LogP contribution in [0.2, 0.25) is 0 Å². The van der Waals surface area contributed by atoms with Gasteiger partial charge in [-0.25, -0.2) is 4.98 Å². The zero-order chi connectivity index (χ0) is 9.26. The van der Waals surface area contributed by atoms with Gasteiger partial charge < -0.3 is 5.11 Å². The number of nitrogens with zero attached hydrogens (tertiary/aromatic N) is 1. The van der Waals surface area contributed by atoms with Crippen LogP contribution in [0.5, 0.6) is 0 Å². The molecule has 0 fully saturated rings. The Morgan fingerprint density at radius 3 is 3.15 bits per heavy atom. The third kappa shape index (κ3) is 1.76. The molecule has 3 heteroatoms. The van der Waals surface area contributed by atoms with Crippen molar-refractivity contribution in [2.45, 2.75) is 39.2 Å². The molecule has 0 aromatic carbocycles. The van der Waals surface area contributed by atoms with E-state index in [1.165, 1.54) is 29.8 Å². The molecule has 1 aromatic rings. The molecule has 1 aliphatic carbocycles. The first-order valence-corrected chi connectivity index (χ1v) is 5.73. The normalized spacial score (nSPS) is 21.5. The number of aliphatic hydroxyl groups excluding tert-OH is 1. The van der Waals surface area contributed by atoms with Crippen molar-refractivity contribution in [2.24, 2.45) is 5.92 Å². The first-order chi connectivity index (χ1) is 6.33. The van der Waals surface area contributed by atoms with Crippen molar-refractivity contribution in [3.63, 3.8) is 0 Å². The fraction of sp³-hybridized carbons (Fsp3) is 0.700. The predicted octanol–water partition coefficient (Wildman–Crippen LogP) is 2.15. The second-order valence-corrected chi connectivity index (χ2v) is 4.82. The molecular formula is C10H15NOS. The zero-order valence-electron chi connectivity index (χ0n) is 7.92. The zero-order valence-corrected chi connectivity index (χ0v) is 8.73. The SMILES string of the molecule is CCC1CCc2nc(CO)sc2C1. The van der Waals surface area contributed by atoms with Crippen LogP contribution in [0.3, 0.4) is 0 Å². The van der Waals surface area contributed by atoms with E-state index in [0.29, 0.717) is 0 Å². The summed E-state index contributed by atoms with van der Waals surface area (Å²) >= 11 is 1.69. The molecule has 1 unspecified atom stereocenters. The lowest BCUT2D eigenvalue weighted by Crippen LogP contribution is -2.11. The fourth-order valence-electron chi connectivity index (χ4n) is 1.91. The Morgan fingerprint density at radius 1 is 1.62 bits per heavy atom. The summed E-state index contributed by atoms with van der Waals surface area (Å²) in [5.74, 6) is 0.847. The topological polar surface area (TPSA) is 33.1 Å². The van der Waals surface area contributed by atoms with Crippen LogP contribution in [-0.4, -0.2) is 10.1 Å². The average Bonchev–Trinajstić information content (AvgIpc) is 2.58. The molecule has 0 saturated carbocycles. The first kappa shape index (κ1) is 9.16. The third-order valence-electron chi connectivity index (χ3n) is 2.80. The van der Waals surface area contributed by atoms with Crippen molar-refractivity contribution in [2.75, 3.05) is 0 Å². The second kappa shape index (κ2) is 3.76. The van der Waals surface area contributed by atoms with Crippen LogP contribution in [-0.2, 0) is 19.4 Å². The molecule has 1 atom stereocenters. The van der Waals surface area contributed by atoms with Gasteiger partial charge in [-0.15, -0.1) is 11.3 Å². The molecule has 0 aliphatic heterocycles. The Morgan fingerprint density at radius 2 is 2.46 bits per heavy atom. The Hall–Kier alpha value is -0.410. The standard InChI is InChI=1S/C10H15NOS/c1-2-7-3-4-8-9(5-7)13-10(6-12)11-8/h7,12H,2-6H2,1H3. The number of fused-ring (bicyclic) bond motifs is 1. The highest BCUT2D eigenvalue weighted by molar-refractivity contribution is 7.11. The Balaban J connectivity index is 2.19. The monoisotopic (exact) mass is 197 g/mol. The Kier molecular flexibility index (Phi) is 2.65. The number of aryl methyl sites for hydroxylation is 1. The molecular weight excluding hydrogens is 182 g/mol. The molecule has 2 nitrogen and oxygen atoms in total. The minimum absolute atomic E-state index is 0.106. The van der Waals surface area contributed by atoms with Gasteiger partial charge in [-0.3, -0.25) is 0 Å². The van der Waals surface area contributed by atoms with Crippen molar-refractivity contribution < 1.29 is 5.11 Å². The third-order valence-corrected chi connectivity index (χ3v) is 3.90. The molecule has 72 valence electrons. The first-order valence-electron chi connectivity index (χ1n) is 4.91. The number of aromatic nitrogens is 1. The summed E-state index contributed by atoms with van der Waals surface area (Å²) in [6.45, 7) is 2.36. The highest BCUT2D eigenvalue weighted by Crippen LogP contribution is 2.31. The van der Waals surface area contributed by atoms with Gasteiger partial charge in [-0.05, 0) is 25.2 Å². The highest BCUT2D eigenvalue weighted by atomic mass is 32.1. The fourth-order valence-corrected chi connectivity index (χ4v) is 3.00. The minimum atomic E-state index is 0.106. The average molecular weight is 197 g/mol. The number of hydrogen-bond donors (Lipinski definition) is 1. The van der Waals surface area contributed by atoms with Gasteiger partial charge in [0.05, 0.1) is 12.3 Å². The van der Waals surface area contributed by atoms with Crippen molar-refractivity contribution >= 4 is 11.3 Å². The number of hydrogen-bond acceptors (Lipinski definition) is 3. The maximum atomic E-state index is 8.96. The van der Waals surface area contributed by atoms with Gasteiger partial charge >= 0.3 is 0 Å². The Labute approximate surface area is 82.6 Å². The molecule has 0 bridgehead atoms. The van der Waals surface area contributed by atoms with Crippen molar-refractivity contribution in [1.82, 2.24) is 4.98 Å². The summed E-state index contributed by atoms with van der Waals surface area (Å²) in [5.41, 5.74) is 1.25. The molecule has 1 heterocycles. The molecule has 0 radical (unpaired) electrons. The molecule has 1 N–H and O–H groups in total. The minimum Gasteiger partial charge on any atom is -0.389 e. The van der Waals surface area contributed by atoms with Gasteiger partial charge in [0.2, 0.25) is 0 Å². The van der Waals surface area contributed by atoms with Crippen LogP contribution in [0.15, 0.2) is 0 Å². The van der Waals surface area contributed by atoms with Crippen LogP contribution in [0.25, 0.3) is 0 Å². The summed E-state index contributed by atoms with van der Waals surface area (Å²) in [5, 5.41) is 9.85. The number of aliphatic hydroxyl groups is 1. The summed E-state index contributed by atoms with van der Waals surface area (Å²) in [6.07, 6.45) is 4.84. The Bertz CT molecular complexity index is 295. The van der Waals surface area contributed by atoms with Crippen molar-refractivity contribution in [1.29, 1.82) is 0 Å². The molecule has 0 saturated heterocycles. The lowest BCUT2D eigenvalue weighted by atomic mass is 9.89. The van der Waals surface area contributed by atoms with Crippen LogP contribution in [0.4, 0.5) is 0 Å². The van der Waals surface area contributed by atoms with E-state index in [1.54, 1.807) is 11.3 Å². The van der Waals surface area contributed by atoms with Crippen LogP contribution >= 0.6 is 11.3 Å². The molecule has 1 aliphatic rings. The van der Waals surface area contributed by atoms with Crippen molar-refractivity contribution in [3.05, 3.63) is 15.6 Å². The maximum Gasteiger partial charge on any atom is 0.119 e. The van der Waals surface area contributed by atoms with E-state index >= 15 is 0 Å². The largest absolute Gasteiger partial charge is 0.389 e. The van der Waals surface area contributed by atoms with Gasteiger partial charge in [0.1, 0.15) is 5.01 Å². The molecule has 0 spiro atoms. The highest BCUT2D eigenvalue weighted by Gasteiger charge is 2.20. The number of thiazole rings is 1. The van der Waals surface area contributed by atoms with E-state index in [1.807, 2.05) is 0 Å². The van der Waals surface area contributed by atoms with E-state index < -0.39 is 0 Å². The van der Waals surface area contributed by atoms with E-state index in [0.717, 1.165) is 17.3 Å². The van der Waals surface area contributed by atoms with E-state index in [-0.39, 0.29) is 6.61 Å². The smallest absolute Gasteiger partial charge is 0.119 e. The summed E-state index contributed by atoms with van der Waals surface area (Å²) < 4.78 is 0. The van der Waals surface area contributed by atoms with Gasteiger partial charge in [0.25, 0.3) is 0 Å². The molecule has 2 rings (SSSR count). The van der Waals surface area contributed by atoms with E-state index in [4.69, 9.17) is 5.11 Å². The van der Waals surface area contributed by atoms with Crippen LogP contribution < -0.4 is 0 Å². The maximum absolute atomic E-state index is 8.96. The van der Waals surface area contributed by atoms with Gasteiger partial charge in [0.15, 0.2) is 0 Å². The van der Waals surface area contributed by atoms with E-state index in [2.05, 4.69) is 11.9 Å². The number of rotatable bonds is 2.